The van der Waals surface area contributed by atoms with Crippen molar-refractivity contribution in [2.45, 2.75) is 12.0 Å². The van der Waals surface area contributed by atoms with E-state index in [1.165, 1.54) is 0 Å². The highest BCUT2D eigenvalue weighted by atomic mass is 35.5. The number of carbonyl (C=O) groups is 1. The Morgan fingerprint density at radius 3 is 2.77 bits per heavy atom. The van der Waals surface area contributed by atoms with E-state index in [0.717, 1.165) is 5.56 Å². The van der Waals surface area contributed by atoms with Crippen molar-refractivity contribution in [3.8, 4) is 5.75 Å². The lowest BCUT2D eigenvalue weighted by molar-refractivity contribution is -0.104. The molecule has 1 aliphatic rings. The largest absolute Gasteiger partial charge is 0.497 e. The van der Waals surface area contributed by atoms with Crippen molar-refractivity contribution in [1.29, 1.82) is 0 Å². The summed E-state index contributed by atoms with van der Waals surface area (Å²) >= 11 is 12.2. The smallest absolute Gasteiger partial charge is 0.254 e. The van der Waals surface area contributed by atoms with Crippen LogP contribution in [-0.4, -0.2) is 37.6 Å². The highest BCUT2D eigenvalue weighted by Crippen LogP contribution is 2.36. The lowest BCUT2D eigenvalue weighted by Gasteiger charge is -2.43. The van der Waals surface area contributed by atoms with E-state index in [-0.39, 0.29) is 5.91 Å². The quantitative estimate of drug-likeness (QED) is 0.763. The number of hydrogen-bond donors (Lipinski definition) is 0. The second-order valence-electron chi connectivity index (χ2n) is 6.18. The second kappa shape index (κ2) is 7.87. The number of nitrogens with zero attached hydrogens (tertiary/aromatic N) is 1. The van der Waals surface area contributed by atoms with Gasteiger partial charge in [-0.25, -0.2) is 0 Å². The molecule has 0 bridgehead atoms. The molecule has 4 nitrogen and oxygen atoms in total. The molecule has 0 saturated carbocycles. The monoisotopic (exact) mass is 392 g/mol. The zero-order valence-electron chi connectivity index (χ0n) is 14.5. The van der Waals surface area contributed by atoms with E-state index in [1.54, 1.807) is 42.3 Å². The molecule has 0 aliphatic carbocycles. The van der Waals surface area contributed by atoms with E-state index in [1.807, 2.05) is 12.1 Å². The molecule has 1 saturated heterocycles. The van der Waals surface area contributed by atoms with Gasteiger partial charge in [-0.2, -0.15) is 0 Å². The average Bonchev–Trinajstić information content (AvgIpc) is 2.69. The maximum Gasteiger partial charge on any atom is 0.254 e. The molecule has 3 rings (SSSR count). The standard InChI is InChI=1S/C20H20Cl2NO3/c1-3-20(15-7-8-17(21)18(22)12-15)13-23(9-10-26-20)19(24)14-5-4-6-16(11-14)25-2/h4-8,11-12H,1,3,9-10,13H2,2H3. The van der Waals surface area contributed by atoms with Crippen LogP contribution in [0, 0.1) is 6.92 Å². The number of carbonyl (C=O) groups excluding carboxylic acids is 1. The minimum absolute atomic E-state index is 0.0647. The van der Waals surface area contributed by atoms with E-state index in [9.17, 15) is 4.79 Å². The Labute approximate surface area is 163 Å². The fraction of sp³-hybridized carbons (Fsp3) is 0.300. The van der Waals surface area contributed by atoms with Gasteiger partial charge in [0.1, 0.15) is 11.4 Å². The molecule has 2 aromatic carbocycles. The van der Waals surface area contributed by atoms with Crippen LogP contribution in [0.1, 0.15) is 22.3 Å². The third-order valence-electron chi connectivity index (χ3n) is 4.64. The van der Waals surface area contributed by atoms with Crippen molar-refractivity contribution in [1.82, 2.24) is 4.90 Å². The van der Waals surface area contributed by atoms with Gasteiger partial charge in [-0.3, -0.25) is 4.79 Å². The molecule has 0 N–H and O–H groups in total. The minimum Gasteiger partial charge on any atom is -0.497 e. The van der Waals surface area contributed by atoms with Crippen LogP contribution in [0.25, 0.3) is 0 Å². The maximum absolute atomic E-state index is 13.0. The van der Waals surface area contributed by atoms with Gasteiger partial charge in [-0.05, 0) is 42.3 Å². The van der Waals surface area contributed by atoms with E-state index < -0.39 is 5.60 Å². The van der Waals surface area contributed by atoms with Gasteiger partial charge in [0.25, 0.3) is 5.91 Å². The molecule has 0 spiro atoms. The molecule has 1 unspecified atom stereocenters. The molecule has 137 valence electrons. The van der Waals surface area contributed by atoms with Gasteiger partial charge >= 0.3 is 0 Å². The summed E-state index contributed by atoms with van der Waals surface area (Å²) in [6, 6.07) is 12.5. The maximum atomic E-state index is 13.0. The number of amides is 1. The molecule has 1 aliphatic heterocycles. The summed E-state index contributed by atoms with van der Waals surface area (Å²) < 4.78 is 11.3. The predicted octanol–water partition coefficient (Wildman–Crippen LogP) is 4.59. The fourth-order valence-corrected chi connectivity index (χ4v) is 3.44. The molecule has 1 amide bonds. The molecule has 0 aromatic heterocycles. The van der Waals surface area contributed by atoms with Crippen molar-refractivity contribution < 1.29 is 14.3 Å². The second-order valence-corrected chi connectivity index (χ2v) is 6.99. The lowest BCUT2D eigenvalue weighted by Crippen LogP contribution is -2.51. The third kappa shape index (κ3) is 3.68. The molecule has 1 heterocycles. The number of benzene rings is 2. The molecule has 2 aromatic rings. The number of halogens is 2. The first kappa shape index (κ1) is 19.0. The number of morpholine rings is 1. The lowest BCUT2D eigenvalue weighted by atomic mass is 9.89. The first-order valence-electron chi connectivity index (χ1n) is 8.31. The highest BCUT2D eigenvalue weighted by molar-refractivity contribution is 6.42. The van der Waals surface area contributed by atoms with Gasteiger partial charge in [0.2, 0.25) is 0 Å². The molecule has 1 atom stereocenters. The van der Waals surface area contributed by atoms with Gasteiger partial charge in [0, 0.05) is 12.1 Å². The summed E-state index contributed by atoms with van der Waals surface area (Å²) in [6.45, 7) is 5.37. The van der Waals surface area contributed by atoms with Gasteiger partial charge in [0.15, 0.2) is 0 Å². The van der Waals surface area contributed by atoms with Crippen LogP contribution in [0.2, 0.25) is 10.0 Å². The Morgan fingerprint density at radius 1 is 1.27 bits per heavy atom. The fourth-order valence-electron chi connectivity index (χ4n) is 3.15. The normalized spacial score (nSPS) is 20.1. The van der Waals surface area contributed by atoms with Crippen LogP contribution in [0.5, 0.6) is 5.75 Å². The SMILES string of the molecule is [CH2]CC1(c2ccc(Cl)c(Cl)c2)CN(C(=O)c2cccc(OC)c2)CCO1. The van der Waals surface area contributed by atoms with Gasteiger partial charge in [-0.1, -0.05) is 42.3 Å². The third-order valence-corrected chi connectivity index (χ3v) is 5.38. The van der Waals surface area contributed by atoms with Gasteiger partial charge in [-0.15, -0.1) is 0 Å². The van der Waals surface area contributed by atoms with Crippen molar-refractivity contribution in [3.63, 3.8) is 0 Å². The summed E-state index contributed by atoms with van der Waals surface area (Å²) in [5, 5.41) is 0.937. The summed E-state index contributed by atoms with van der Waals surface area (Å²) in [4.78, 5) is 14.8. The Kier molecular flexibility index (Phi) is 5.76. The predicted molar refractivity (Wildman–Crippen MR) is 103 cm³/mol. The minimum atomic E-state index is -0.707. The van der Waals surface area contributed by atoms with Crippen molar-refractivity contribution in [3.05, 3.63) is 70.6 Å². The van der Waals surface area contributed by atoms with Crippen LogP contribution in [0.3, 0.4) is 0 Å². The van der Waals surface area contributed by atoms with Crippen LogP contribution in [-0.2, 0) is 10.3 Å². The first-order chi connectivity index (χ1) is 12.5. The van der Waals surface area contributed by atoms with Crippen LogP contribution in [0.15, 0.2) is 42.5 Å². The Bertz CT molecular complexity index is 811. The van der Waals surface area contributed by atoms with Crippen LogP contribution in [0.4, 0.5) is 0 Å². The van der Waals surface area contributed by atoms with Crippen molar-refractivity contribution in [2.75, 3.05) is 26.8 Å². The summed E-state index contributed by atoms with van der Waals surface area (Å²) in [6.07, 6.45) is 0.465. The number of methoxy groups -OCH3 is 1. The van der Waals surface area contributed by atoms with Gasteiger partial charge < -0.3 is 14.4 Å². The van der Waals surface area contributed by atoms with Crippen LogP contribution < -0.4 is 4.74 Å². The molecule has 6 heteroatoms. The van der Waals surface area contributed by atoms with E-state index >= 15 is 0 Å². The molecular weight excluding hydrogens is 373 g/mol. The number of hydrogen-bond acceptors (Lipinski definition) is 3. The zero-order chi connectivity index (χ0) is 18.7. The average molecular weight is 393 g/mol. The van der Waals surface area contributed by atoms with E-state index in [4.69, 9.17) is 32.7 Å². The molecular formula is C20H20Cl2NO3. The molecule has 1 radical (unpaired) electrons. The Morgan fingerprint density at radius 2 is 2.08 bits per heavy atom. The number of ether oxygens (including phenoxy) is 2. The van der Waals surface area contributed by atoms with Crippen LogP contribution >= 0.6 is 23.2 Å². The van der Waals surface area contributed by atoms with Crippen molar-refractivity contribution in [2.24, 2.45) is 0 Å². The van der Waals surface area contributed by atoms with E-state index in [0.29, 0.717) is 47.5 Å². The first-order valence-corrected chi connectivity index (χ1v) is 9.07. The van der Waals surface area contributed by atoms with Gasteiger partial charge in [0.05, 0.1) is 30.3 Å². The summed E-state index contributed by atoms with van der Waals surface area (Å²) in [5.74, 6) is 0.585. The Hall–Kier alpha value is -1.75. The van der Waals surface area contributed by atoms with E-state index in [2.05, 4.69) is 6.92 Å². The summed E-state index contributed by atoms with van der Waals surface area (Å²) in [7, 11) is 1.58. The molecule has 26 heavy (non-hydrogen) atoms. The summed E-state index contributed by atoms with van der Waals surface area (Å²) in [5.41, 5.74) is 0.740. The topological polar surface area (TPSA) is 38.8 Å². The van der Waals surface area contributed by atoms with Crippen molar-refractivity contribution >= 4 is 29.1 Å². The highest BCUT2D eigenvalue weighted by Gasteiger charge is 2.39. The molecule has 1 fully saturated rings. The zero-order valence-corrected chi connectivity index (χ0v) is 16.0. The Balaban J connectivity index is 1.88. The number of rotatable bonds is 4.